The maximum absolute atomic E-state index is 12.6. The molecule has 124 valence electrons. The van der Waals surface area contributed by atoms with Crippen molar-refractivity contribution < 1.29 is 14.3 Å². The highest BCUT2D eigenvalue weighted by Gasteiger charge is 2.37. The van der Waals surface area contributed by atoms with Crippen molar-refractivity contribution in [3.05, 3.63) is 53.0 Å². The summed E-state index contributed by atoms with van der Waals surface area (Å²) in [4.78, 5) is 26.5. The maximum atomic E-state index is 12.6. The predicted molar refractivity (Wildman–Crippen MR) is 96.3 cm³/mol. The lowest BCUT2D eigenvalue weighted by atomic mass is 10.2. The Kier molecular flexibility index (Phi) is 4.85. The van der Waals surface area contributed by atoms with Crippen LogP contribution in [0.3, 0.4) is 0 Å². The van der Waals surface area contributed by atoms with E-state index in [9.17, 15) is 9.59 Å². The first-order chi connectivity index (χ1) is 11.6. The summed E-state index contributed by atoms with van der Waals surface area (Å²) in [6.45, 7) is 0. The summed E-state index contributed by atoms with van der Waals surface area (Å²) in [6.07, 6.45) is 0.868. The number of anilines is 2. The van der Waals surface area contributed by atoms with Gasteiger partial charge < -0.3 is 10.1 Å². The molecule has 1 fully saturated rings. The van der Waals surface area contributed by atoms with Crippen LogP contribution in [0.25, 0.3) is 0 Å². The average molecular weight is 389 g/mol. The SMILES string of the molecule is COc1ccc(N2C(=O)CCC2C(=O)Nc2cccc(Br)c2)cc1. The molecular weight excluding hydrogens is 372 g/mol. The van der Waals surface area contributed by atoms with Gasteiger partial charge in [0.15, 0.2) is 0 Å². The van der Waals surface area contributed by atoms with Gasteiger partial charge in [0.1, 0.15) is 11.8 Å². The average Bonchev–Trinajstić information content (AvgIpc) is 2.97. The van der Waals surface area contributed by atoms with Crippen molar-refractivity contribution in [2.45, 2.75) is 18.9 Å². The Morgan fingerprint density at radius 3 is 2.67 bits per heavy atom. The third-order valence-electron chi connectivity index (χ3n) is 3.96. The number of methoxy groups -OCH3 is 1. The minimum Gasteiger partial charge on any atom is -0.497 e. The molecule has 0 aliphatic carbocycles. The number of hydrogen-bond donors (Lipinski definition) is 1. The van der Waals surface area contributed by atoms with E-state index in [1.54, 1.807) is 36.3 Å². The summed E-state index contributed by atoms with van der Waals surface area (Å²) in [6, 6.07) is 14.0. The normalized spacial score (nSPS) is 17.0. The Bertz CT molecular complexity index is 761. The largest absolute Gasteiger partial charge is 0.497 e. The van der Waals surface area contributed by atoms with Crippen LogP contribution in [0.15, 0.2) is 53.0 Å². The van der Waals surface area contributed by atoms with Gasteiger partial charge >= 0.3 is 0 Å². The van der Waals surface area contributed by atoms with E-state index in [2.05, 4.69) is 21.2 Å². The minimum atomic E-state index is -0.509. The van der Waals surface area contributed by atoms with Crippen molar-refractivity contribution in [2.75, 3.05) is 17.3 Å². The molecule has 1 aliphatic rings. The molecular formula is C18H17BrN2O3. The molecule has 0 aromatic heterocycles. The number of hydrogen-bond acceptors (Lipinski definition) is 3. The van der Waals surface area contributed by atoms with Crippen molar-refractivity contribution in [3.8, 4) is 5.75 Å². The second-order valence-corrected chi connectivity index (χ2v) is 6.43. The Balaban J connectivity index is 1.80. The number of amides is 2. The first-order valence-corrected chi connectivity index (χ1v) is 8.40. The van der Waals surface area contributed by atoms with Crippen molar-refractivity contribution in [1.29, 1.82) is 0 Å². The lowest BCUT2D eigenvalue weighted by molar-refractivity contribution is -0.120. The summed E-state index contributed by atoms with van der Waals surface area (Å²) in [7, 11) is 1.59. The van der Waals surface area contributed by atoms with Crippen molar-refractivity contribution >= 4 is 39.1 Å². The van der Waals surface area contributed by atoms with Crippen LogP contribution < -0.4 is 15.0 Å². The summed E-state index contributed by atoms with van der Waals surface area (Å²) >= 11 is 3.38. The van der Waals surface area contributed by atoms with Gasteiger partial charge in [0.25, 0.3) is 0 Å². The lowest BCUT2D eigenvalue weighted by Gasteiger charge is -2.24. The molecule has 2 aromatic rings. The molecule has 24 heavy (non-hydrogen) atoms. The van der Waals surface area contributed by atoms with Crippen LogP contribution in [-0.4, -0.2) is 25.0 Å². The fourth-order valence-corrected chi connectivity index (χ4v) is 3.19. The standard InChI is InChI=1S/C18H17BrN2O3/c1-24-15-7-5-14(6-8-15)21-16(9-10-17(21)22)18(23)20-13-4-2-3-12(19)11-13/h2-8,11,16H,9-10H2,1H3,(H,20,23). The Morgan fingerprint density at radius 1 is 1.25 bits per heavy atom. The fourth-order valence-electron chi connectivity index (χ4n) is 2.79. The van der Waals surface area contributed by atoms with Crippen molar-refractivity contribution in [3.63, 3.8) is 0 Å². The van der Waals surface area contributed by atoms with Crippen molar-refractivity contribution in [2.24, 2.45) is 0 Å². The van der Waals surface area contributed by atoms with Crippen LogP contribution in [0.1, 0.15) is 12.8 Å². The maximum Gasteiger partial charge on any atom is 0.247 e. The number of carbonyl (C=O) groups is 2. The minimum absolute atomic E-state index is 0.0467. The Hall–Kier alpha value is -2.34. The second kappa shape index (κ2) is 7.05. The van der Waals surface area contributed by atoms with Gasteiger partial charge in [0, 0.05) is 22.3 Å². The Morgan fingerprint density at radius 2 is 2.00 bits per heavy atom. The molecule has 3 rings (SSSR count). The van der Waals surface area contributed by atoms with Crippen LogP contribution >= 0.6 is 15.9 Å². The van der Waals surface area contributed by atoms with E-state index in [1.807, 2.05) is 24.3 Å². The molecule has 1 heterocycles. The zero-order valence-electron chi connectivity index (χ0n) is 13.2. The van der Waals surface area contributed by atoms with E-state index in [0.717, 1.165) is 4.47 Å². The van der Waals surface area contributed by atoms with Crippen LogP contribution in [0.5, 0.6) is 5.75 Å². The fraction of sp³-hybridized carbons (Fsp3) is 0.222. The monoisotopic (exact) mass is 388 g/mol. The van der Waals surface area contributed by atoms with Gasteiger partial charge in [0.2, 0.25) is 11.8 Å². The summed E-state index contributed by atoms with van der Waals surface area (Å²) in [5.74, 6) is 0.477. The molecule has 1 unspecified atom stereocenters. The number of nitrogens with zero attached hydrogens (tertiary/aromatic N) is 1. The number of rotatable bonds is 4. The van der Waals surface area contributed by atoms with Gasteiger partial charge in [-0.2, -0.15) is 0 Å². The Labute approximate surface area is 148 Å². The third kappa shape index (κ3) is 3.43. The van der Waals surface area contributed by atoms with E-state index in [4.69, 9.17) is 4.74 Å². The number of carbonyl (C=O) groups excluding carboxylic acids is 2. The quantitative estimate of drug-likeness (QED) is 0.870. The molecule has 2 amide bonds. The van der Waals surface area contributed by atoms with Gasteiger partial charge in [-0.05, 0) is 48.9 Å². The first-order valence-electron chi connectivity index (χ1n) is 7.61. The summed E-state index contributed by atoms with van der Waals surface area (Å²) in [5, 5.41) is 2.88. The topological polar surface area (TPSA) is 58.6 Å². The predicted octanol–water partition coefficient (Wildman–Crippen LogP) is 3.59. The van der Waals surface area contributed by atoms with E-state index in [1.165, 1.54) is 0 Å². The second-order valence-electron chi connectivity index (χ2n) is 5.52. The molecule has 6 heteroatoms. The van der Waals surface area contributed by atoms with E-state index >= 15 is 0 Å². The van der Waals surface area contributed by atoms with Crippen LogP contribution in [-0.2, 0) is 9.59 Å². The van der Waals surface area contributed by atoms with Crippen LogP contribution in [0.2, 0.25) is 0 Å². The molecule has 2 aromatic carbocycles. The molecule has 1 atom stereocenters. The molecule has 0 spiro atoms. The first kappa shape index (κ1) is 16.5. The zero-order chi connectivity index (χ0) is 17.1. The highest BCUT2D eigenvalue weighted by atomic mass is 79.9. The van der Waals surface area contributed by atoms with Crippen LogP contribution in [0.4, 0.5) is 11.4 Å². The lowest BCUT2D eigenvalue weighted by Crippen LogP contribution is -2.41. The van der Waals surface area contributed by atoms with Gasteiger partial charge in [-0.3, -0.25) is 14.5 Å². The zero-order valence-corrected chi connectivity index (χ0v) is 14.7. The number of ether oxygens (including phenoxy) is 1. The van der Waals surface area contributed by atoms with Gasteiger partial charge in [0.05, 0.1) is 7.11 Å². The van der Waals surface area contributed by atoms with E-state index in [0.29, 0.717) is 30.0 Å². The third-order valence-corrected chi connectivity index (χ3v) is 4.45. The van der Waals surface area contributed by atoms with E-state index in [-0.39, 0.29) is 11.8 Å². The van der Waals surface area contributed by atoms with Gasteiger partial charge in [-0.1, -0.05) is 22.0 Å². The smallest absolute Gasteiger partial charge is 0.247 e. The highest BCUT2D eigenvalue weighted by molar-refractivity contribution is 9.10. The molecule has 1 aliphatic heterocycles. The molecule has 5 nitrogen and oxygen atoms in total. The molecule has 1 saturated heterocycles. The molecule has 1 N–H and O–H groups in total. The number of benzene rings is 2. The number of nitrogens with one attached hydrogen (secondary N) is 1. The summed E-state index contributed by atoms with van der Waals surface area (Å²) < 4.78 is 6.02. The molecule has 0 saturated carbocycles. The van der Waals surface area contributed by atoms with E-state index < -0.39 is 6.04 Å². The van der Waals surface area contributed by atoms with Gasteiger partial charge in [-0.25, -0.2) is 0 Å². The van der Waals surface area contributed by atoms with Crippen molar-refractivity contribution in [1.82, 2.24) is 0 Å². The van der Waals surface area contributed by atoms with Gasteiger partial charge in [-0.15, -0.1) is 0 Å². The molecule has 0 radical (unpaired) electrons. The highest BCUT2D eigenvalue weighted by Crippen LogP contribution is 2.29. The molecule has 0 bridgehead atoms. The number of halogens is 1. The summed E-state index contributed by atoms with van der Waals surface area (Å²) in [5.41, 5.74) is 1.40. The van der Waals surface area contributed by atoms with Crippen LogP contribution in [0, 0.1) is 0 Å².